The van der Waals surface area contributed by atoms with E-state index < -0.39 is 10.8 Å². The molecular formula is C8H16O3S. The quantitative estimate of drug-likeness (QED) is 0.648. The van der Waals surface area contributed by atoms with Gasteiger partial charge in [0.1, 0.15) is 0 Å². The summed E-state index contributed by atoms with van der Waals surface area (Å²) in [6, 6.07) is 0. The average molecular weight is 192 g/mol. The Morgan fingerprint density at radius 1 is 1.33 bits per heavy atom. The molecule has 1 aliphatic rings. The number of hydrogen-bond acceptors (Lipinski definition) is 3. The van der Waals surface area contributed by atoms with Gasteiger partial charge in [0, 0.05) is 23.0 Å². The van der Waals surface area contributed by atoms with E-state index in [4.69, 9.17) is 9.47 Å². The molecule has 12 heavy (non-hydrogen) atoms. The van der Waals surface area contributed by atoms with Crippen molar-refractivity contribution in [3.05, 3.63) is 0 Å². The lowest BCUT2D eigenvalue weighted by molar-refractivity contribution is -0.196. The fourth-order valence-electron chi connectivity index (χ4n) is 1.08. The fourth-order valence-corrected chi connectivity index (χ4v) is 1.62. The van der Waals surface area contributed by atoms with Gasteiger partial charge in [0.15, 0.2) is 6.29 Å². The summed E-state index contributed by atoms with van der Waals surface area (Å²) >= 11 is 0. The van der Waals surface area contributed by atoms with Crippen molar-refractivity contribution in [2.24, 2.45) is 5.92 Å². The van der Waals surface area contributed by atoms with Crippen molar-refractivity contribution in [1.82, 2.24) is 0 Å². The minimum Gasteiger partial charge on any atom is -0.351 e. The van der Waals surface area contributed by atoms with Crippen LogP contribution in [0, 0.1) is 5.92 Å². The third-order valence-electron chi connectivity index (χ3n) is 1.91. The van der Waals surface area contributed by atoms with Gasteiger partial charge in [-0.15, -0.1) is 0 Å². The van der Waals surface area contributed by atoms with E-state index in [1.165, 1.54) is 0 Å². The third-order valence-corrected chi connectivity index (χ3v) is 3.12. The Morgan fingerprint density at radius 3 is 2.17 bits per heavy atom. The number of rotatable bonds is 2. The maximum Gasteiger partial charge on any atom is 0.159 e. The molecule has 0 N–H and O–H groups in total. The van der Waals surface area contributed by atoms with E-state index >= 15 is 0 Å². The van der Waals surface area contributed by atoms with E-state index in [1.807, 2.05) is 13.8 Å². The molecule has 72 valence electrons. The Balaban J connectivity index is 2.34. The van der Waals surface area contributed by atoms with E-state index in [-0.39, 0.29) is 11.5 Å². The fraction of sp³-hybridized carbons (Fsp3) is 1.00. The van der Waals surface area contributed by atoms with Crippen molar-refractivity contribution < 1.29 is 13.7 Å². The predicted molar refractivity (Wildman–Crippen MR) is 48.4 cm³/mol. The first-order valence-electron chi connectivity index (χ1n) is 4.16. The SMILES string of the molecule is CC(C)C1OCC(S(C)=O)CO1. The summed E-state index contributed by atoms with van der Waals surface area (Å²) in [6.07, 6.45) is 1.58. The second kappa shape index (κ2) is 4.35. The second-order valence-corrected chi connectivity index (χ2v) is 5.06. The van der Waals surface area contributed by atoms with Crippen LogP contribution in [-0.2, 0) is 20.3 Å². The van der Waals surface area contributed by atoms with Crippen molar-refractivity contribution in [1.29, 1.82) is 0 Å². The molecule has 0 saturated carbocycles. The summed E-state index contributed by atoms with van der Waals surface area (Å²) in [5.74, 6) is 0.372. The van der Waals surface area contributed by atoms with E-state index in [2.05, 4.69) is 0 Å². The molecule has 0 aliphatic carbocycles. The van der Waals surface area contributed by atoms with Crippen molar-refractivity contribution in [3.63, 3.8) is 0 Å². The van der Waals surface area contributed by atoms with Crippen molar-refractivity contribution >= 4 is 10.8 Å². The molecule has 0 amide bonds. The summed E-state index contributed by atoms with van der Waals surface area (Å²) in [6.45, 7) is 5.22. The highest BCUT2D eigenvalue weighted by molar-refractivity contribution is 7.84. The Kier molecular flexibility index (Phi) is 3.68. The van der Waals surface area contributed by atoms with Crippen LogP contribution in [0.25, 0.3) is 0 Å². The van der Waals surface area contributed by atoms with Crippen molar-refractivity contribution in [3.8, 4) is 0 Å². The molecule has 1 saturated heterocycles. The van der Waals surface area contributed by atoms with E-state index in [1.54, 1.807) is 6.26 Å². The zero-order chi connectivity index (χ0) is 9.14. The van der Waals surface area contributed by atoms with E-state index in [9.17, 15) is 4.21 Å². The molecule has 3 nitrogen and oxygen atoms in total. The third kappa shape index (κ3) is 2.54. The molecule has 0 spiro atoms. The van der Waals surface area contributed by atoms with Crippen LogP contribution in [0.1, 0.15) is 13.8 Å². The van der Waals surface area contributed by atoms with Crippen LogP contribution in [0.15, 0.2) is 0 Å². The summed E-state index contributed by atoms with van der Waals surface area (Å²) in [5, 5.41) is 0.0556. The first kappa shape index (κ1) is 10.2. The van der Waals surface area contributed by atoms with Crippen LogP contribution in [0.4, 0.5) is 0 Å². The van der Waals surface area contributed by atoms with Crippen LogP contribution in [-0.4, -0.2) is 35.2 Å². The van der Waals surface area contributed by atoms with Crippen LogP contribution < -0.4 is 0 Å². The minimum atomic E-state index is -0.830. The first-order chi connectivity index (χ1) is 5.61. The molecule has 4 heteroatoms. The van der Waals surface area contributed by atoms with Gasteiger partial charge in [-0.1, -0.05) is 13.8 Å². The molecule has 0 aromatic heterocycles. The lowest BCUT2D eigenvalue weighted by Gasteiger charge is -2.30. The van der Waals surface area contributed by atoms with Crippen LogP contribution in [0.2, 0.25) is 0 Å². The number of hydrogen-bond donors (Lipinski definition) is 0. The lowest BCUT2D eigenvalue weighted by Crippen LogP contribution is -2.40. The van der Waals surface area contributed by atoms with Gasteiger partial charge in [0.05, 0.1) is 18.5 Å². The standard InChI is InChI=1S/C8H16O3S/c1-6(2)8-10-4-7(5-11-8)12(3)9/h6-8H,4-5H2,1-3H3. The molecular weight excluding hydrogens is 176 g/mol. The Morgan fingerprint density at radius 2 is 1.83 bits per heavy atom. The average Bonchev–Trinajstić information content (AvgIpc) is 2.04. The smallest absolute Gasteiger partial charge is 0.159 e. The first-order valence-corrected chi connectivity index (χ1v) is 5.79. The molecule has 1 atom stereocenters. The summed E-state index contributed by atoms with van der Waals surface area (Å²) in [5.41, 5.74) is 0. The summed E-state index contributed by atoms with van der Waals surface area (Å²) in [4.78, 5) is 0. The van der Waals surface area contributed by atoms with Crippen LogP contribution >= 0.6 is 0 Å². The van der Waals surface area contributed by atoms with Crippen molar-refractivity contribution in [2.75, 3.05) is 19.5 Å². The zero-order valence-electron chi connectivity index (χ0n) is 7.78. The molecule has 0 aromatic carbocycles. The molecule has 0 radical (unpaired) electrons. The van der Waals surface area contributed by atoms with E-state index in [0.29, 0.717) is 19.1 Å². The topological polar surface area (TPSA) is 35.5 Å². The second-order valence-electron chi connectivity index (χ2n) is 3.40. The Hall–Kier alpha value is 0.0700. The molecule has 1 heterocycles. The monoisotopic (exact) mass is 192 g/mol. The van der Waals surface area contributed by atoms with Gasteiger partial charge in [-0.3, -0.25) is 4.21 Å². The van der Waals surface area contributed by atoms with Crippen LogP contribution in [0.5, 0.6) is 0 Å². The molecule has 1 aliphatic heterocycles. The summed E-state index contributed by atoms with van der Waals surface area (Å²) < 4.78 is 21.8. The van der Waals surface area contributed by atoms with Gasteiger partial charge >= 0.3 is 0 Å². The zero-order valence-corrected chi connectivity index (χ0v) is 8.60. The van der Waals surface area contributed by atoms with Gasteiger partial charge in [-0.2, -0.15) is 0 Å². The van der Waals surface area contributed by atoms with Gasteiger partial charge in [0.2, 0.25) is 0 Å². The number of ether oxygens (including phenoxy) is 2. The molecule has 1 fully saturated rings. The maximum atomic E-state index is 11.0. The highest BCUT2D eigenvalue weighted by Crippen LogP contribution is 2.15. The highest BCUT2D eigenvalue weighted by Gasteiger charge is 2.26. The normalized spacial score (nSPS) is 33.7. The van der Waals surface area contributed by atoms with E-state index in [0.717, 1.165) is 0 Å². The van der Waals surface area contributed by atoms with Gasteiger partial charge in [-0.05, 0) is 0 Å². The molecule has 1 rings (SSSR count). The largest absolute Gasteiger partial charge is 0.351 e. The maximum absolute atomic E-state index is 11.0. The van der Waals surface area contributed by atoms with Crippen molar-refractivity contribution in [2.45, 2.75) is 25.4 Å². The Bertz CT molecular complexity index is 162. The van der Waals surface area contributed by atoms with Gasteiger partial charge in [0.25, 0.3) is 0 Å². The van der Waals surface area contributed by atoms with Crippen LogP contribution in [0.3, 0.4) is 0 Å². The molecule has 0 bridgehead atoms. The minimum absolute atomic E-state index is 0.0556. The molecule has 1 unspecified atom stereocenters. The highest BCUT2D eigenvalue weighted by atomic mass is 32.2. The lowest BCUT2D eigenvalue weighted by atomic mass is 10.2. The molecule has 0 aromatic rings. The Labute approximate surface area is 75.9 Å². The van der Waals surface area contributed by atoms with Gasteiger partial charge < -0.3 is 9.47 Å². The summed E-state index contributed by atoms with van der Waals surface area (Å²) in [7, 11) is -0.830. The van der Waals surface area contributed by atoms with Gasteiger partial charge in [-0.25, -0.2) is 0 Å². The predicted octanol–water partition coefficient (Wildman–Crippen LogP) is 0.762.